The van der Waals surface area contributed by atoms with E-state index in [1.807, 2.05) is 6.92 Å². The van der Waals surface area contributed by atoms with E-state index < -0.39 is 30.3 Å². The molecule has 0 amide bonds. The molecule has 0 saturated carbocycles. The van der Waals surface area contributed by atoms with Gasteiger partial charge in [-0.15, -0.1) is 0 Å². The highest BCUT2D eigenvalue weighted by Gasteiger charge is 2.27. The first-order valence-corrected chi connectivity index (χ1v) is 6.77. The summed E-state index contributed by atoms with van der Waals surface area (Å²) >= 11 is 0. The third-order valence-electron chi connectivity index (χ3n) is 2.81. The number of nitrogens with two attached hydrogens (primary N) is 1. The zero-order chi connectivity index (χ0) is 15.8. The smallest absolute Gasteiger partial charge is 0.347 e. The van der Waals surface area contributed by atoms with E-state index in [2.05, 4.69) is 0 Å². The van der Waals surface area contributed by atoms with Gasteiger partial charge in [0.2, 0.25) is 0 Å². The van der Waals surface area contributed by atoms with Crippen molar-refractivity contribution >= 4 is 11.9 Å². The Labute approximate surface area is 123 Å². The van der Waals surface area contributed by atoms with E-state index in [4.69, 9.17) is 19.9 Å². The van der Waals surface area contributed by atoms with Crippen LogP contribution in [-0.2, 0) is 23.8 Å². The third-order valence-corrected chi connectivity index (χ3v) is 2.81. The van der Waals surface area contributed by atoms with Gasteiger partial charge >= 0.3 is 11.9 Å². The average molecular weight is 302 g/mol. The minimum Gasteiger partial charge on any atom is -0.461 e. The zero-order valence-corrected chi connectivity index (χ0v) is 12.2. The monoisotopic (exact) mass is 302 g/mol. The first kappa shape index (κ1) is 17.4. The van der Waals surface area contributed by atoms with E-state index in [9.17, 15) is 14.7 Å². The van der Waals surface area contributed by atoms with Crippen molar-refractivity contribution in [1.29, 1.82) is 0 Å². The van der Waals surface area contributed by atoms with Gasteiger partial charge in [-0.2, -0.15) is 0 Å². The molecule has 0 radical (unpaired) electrons. The molecule has 0 saturated heterocycles. The Hall–Kier alpha value is -1.64. The number of ether oxygens (including phenoxy) is 3. The number of aliphatic hydroxyl groups is 1. The van der Waals surface area contributed by atoms with Crippen LogP contribution in [0, 0.1) is 0 Å². The Balaban J connectivity index is 2.27. The van der Waals surface area contributed by atoms with E-state index in [-0.39, 0.29) is 13.2 Å². The molecule has 0 aromatic carbocycles. The average Bonchev–Trinajstić information content (AvgIpc) is 2.75. The van der Waals surface area contributed by atoms with Gasteiger partial charge in [0.05, 0.1) is 12.6 Å². The van der Waals surface area contributed by atoms with Crippen LogP contribution in [0.2, 0.25) is 0 Å². The van der Waals surface area contributed by atoms with Crippen molar-refractivity contribution in [3.05, 3.63) is 12.3 Å². The maximum absolute atomic E-state index is 11.7. The highest BCUT2D eigenvalue weighted by atomic mass is 16.6. The maximum atomic E-state index is 11.7. The van der Waals surface area contributed by atoms with Crippen molar-refractivity contribution in [3.63, 3.8) is 0 Å². The molecule has 8 heteroatoms. The van der Waals surface area contributed by atoms with Gasteiger partial charge in [-0.05, 0) is 26.1 Å². The second kappa shape index (κ2) is 8.60. The summed E-state index contributed by atoms with van der Waals surface area (Å²) in [6, 6.07) is -0.543. The predicted molar refractivity (Wildman–Crippen MR) is 72.8 cm³/mol. The molecule has 1 aliphatic heterocycles. The maximum Gasteiger partial charge on any atom is 0.347 e. The van der Waals surface area contributed by atoms with Crippen LogP contribution in [-0.4, -0.2) is 66.7 Å². The van der Waals surface area contributed by atoms with Gasteiger partial charge in [-0.1, -0.05) is 0 Å². The summed E-state index contributed by atoms with van der Waals surface area (Å²) < 4.78 is 14.8. The molecule has 0 aromatic rings. The molecule has 8 nitrogen and oxygen atoms in total. The molecule has 0 spiro atoms. The van der Waals surface area contributed by atoms with E-state index in [0.717, 1.165) is 0 Å². The van der Waals surface area contributed by atoms with Crippen LogP contribution in [0.1, 0.15) is 13.8 Å². The summed E-state index contributed by atoms with van der Waals surface area (Å²) in [4.78, 5) is 24.5. The van der Waals surface area contributed by atoms with Crippen molar-refractivity contribution in [2.75, 3.05) is 26.4 Å². The molecule has 3 N–H and O–H groups in total. The molecule has 120 valence electrons. The number of hydrogen-bond donors (Lipinski definition) is 2. The fourth-order valence-electron chi connectivity index (χ4n) is 1.66. The number of rotatable bonds is 8. The Kier molecular flexibility index (Phi) is 7.13. The quantitative estimate of drug-likeness (QED) is 0.432. The van der Waals surface area contributed by atoms with Gasteiger partial charge in [0.1, 0.15) is 19.4 Å². The van der Waals surface area contributed by atoms with Crippen molar-refractivity contribution in [2.24, 2.45) is 5.73 Å². The molecule has 0 aliphatic carbocycles. The van der Waals surface area contributed by atoms with Crippen LogP contribution >= 0.6 is 0 Å². The fourth-order valence-corrected chi connectivity index (χ4v) is 1.66. The molecular formula is C13H22N2O6. The Morgan fingerprint density at radius 1 is 1.43 bits per heavy atom. The van der Waals surface area contributed by atoms with E-state index in [1.165, 1.54) is 18.0 Å². The van der Waals surface area contributed by atoms with Gasteiger partial charge in [-0.25, -0.2) is 4.79 Å². The molecular weight excluding hydrogens is 280 g/mol. The van der Waals surface area contributed by atoms with Crippen LogP contribution in [0.15, 0.2) is 12.3 Å². The second-order valence-corrected chi connectivity index (χ2v) is 4.50. The summed E-state index contributed by atoms with van der Waals surface area (Å²) in [6.45, 7) is 4.00. The largest absolute Gasteiger partial charge is 0.461 e. The van der Waals surface area contributed by atoms with Crippen molar-refractivity contribution in [3.8, 4) is 0 Å². The number of nitrogens with zero attached hydrogens (tertiary/aromatic N) is 1. The summed E-state index contributed by atoms with van der Waals surface area (Å²) in [6.07, 6.45) is 1.10. The lowest BCUT2D eigenvalue weighted by Crippen LogP contribution is -2.42. The molecule has 0 bridgehead atoms. The van der Waals surface area contributed by atoms with Gasteiger partial charge in [0.25, 0.3) is 0 Å². The van der Waals surface area contributed by atoms with Crippen molar-refractivity contribution in [2.45, 2.75) is 32.2 Å². The number of esters is 2. The normalized spacial score (nSPS) is 22.2. The Morgan fingerprint density at radius 2 is 2.14 bits per heavy atom. The topological polar surface area (TPSA) is 111 Å². The molecule has 1 aliphatic rings. The lowest BCUT2D eigenvalue weighted by molar-refractivity contribution is -0.168. The van der Waals surface area contributed by atoms with E-state index >= 15 is 0 Å². The first-order valence-electron chi connectivity index (χ1n) is 6.77. The second-order valence-electron chi connectivity index (χ2n) is 4.50. The van der Waals surface area contributed by atoms with Gasteiger partial charge < -0.3 is 30.0 Å². The van der Waals surface area contributed by atoms with E-state index in [0.29, 0.717) is 13.2 Å². The minimum absolute atomic E-state index is 0.108. The van der Waals surface area contributed by atoms with Crippen molar-refractivity contribution < 1.29 is 28.9 Å². The zero-order valence-electron chi connectivity index (χ0n) is 12.2. The SMILES string of the molecule is CCOCCOC(=O)C(C)OC(=O)CN1C=CC(N)C1O. The summed E-state index contributed by atoms with van der Waals surface area (Å²) in [7, 11) is 0. The van der Waals surface area contributed by atoms with Crippen LogP contribution in [0.3, 0.4) is 0 Å². The molecule has 3 atom stereocenters. The minimum atomic E-state index is -1.02. The standard InChI is InChI=1S/C13H22N2O6/c1-3-19-6-7-20-13(18)9(2)21-11(16)8-15-5-4-10(14)12(15)17/h4-5,9-10,12,17H,3,6-8,14H2,1-2H3. The number of carbonyl (C=O) groups excluding carboxylic acids is 2. The lowest BCUT2D eigenvalue weighted by Gasteiger charge is -2.23. The fraction of sp³-hybridized carbons (Fsp3) is 0.692. The van der Waals surface area contributed by atoms with Crippen molar-refractivity contribution in [1.82, 2.24) is 4.90 Å². The van der Waals surface area contributed by atoms with Crippen LogP contribution < -0.4 is 5.73 Å². The number of hydrogen-bond acceptors (Lipinski definition) is 8. The molecule has 1 heterocycles. The van der Waals surface area contributed by atoms with Gasteiger partial charge in [0.15, 0.2) is 6.10 Å². The van der Waals surface area contributed by atoms with E-state index in [1.54, 1.807) is 6.08 Å². The lowest BCUT2D eigenvalue weighted by atomic mass is 10.3. The van der Waals surface area contributed by atoms with Crippen LogP contribution in [0.25, 0.3) is 0 Å². The highest BCUT2D eigenvalue weighted by Crippen LogP contribution is 2.11. The molecule has 0 aromatic heterocycles. The van der Waals surface area contributed by atoms with Gasteiger partial charge in [-0.3, -0.25) is 4.79 Å². The Morgan fingerprint density at radius 3 is 2.71 bits per heavy atom. The summed E-state index contributed by atoms with van der Waals surface area (Å²) in [5, 5.41) is 9.64. The van der Waals surface area contributed by atoms with Crippen LogP contribution in [0.4, 0.5) is 0 Å². The Bertz CT molecular complexity index is 387. The molecule has 21 heavy (non-hydrogen) atoms. The summed E-state index contributed by atoms with van der Waals surface area (Å²) in [5.74, 6) is -1.29. The number of carbonyl (C=O) groups is 2. The van der Waals surface area contributed by atoms with Crippen LogP contribution in [0.5, 0.6) is 0 Å². The first-order chi connectivity index (χ1) is 9.95. The predicted octanol–water partition coefficient (Wildman–Crippen LogP) is -1.03. The number of aliphatic hydroxyl groups excluding tert-OH is 1. The highest BCUT2D eigenvalue weighted by molar-refractivity contribution is 5.79. The molecule has 0 fully saturated rings. The summed E-state index contributed by atoms with van der Waals surface area (Å²) in [5.41, 5.74) is 5.56. The molecule has 3 unspecified atom stereocenters. The van der Waals surface area contributed by atoms with Gasteiger partial charge in [0, 0.05) is 6.61 Å². The third kappa shape index (κ3) is 5.70. The molecule has 1 rings (SSSR count).